The van der Waals surface area contributed by atoms with Crippen molar-refractivity contribution in [2.75, 3.05) is 10.6 Å². The molecule has 32 heavy (non-hydrogen) atoms. The minimum Gasteiger partial charge on any atom is -0.326 e. The second-order valence-electron chi connectivity index (χ2n) is 7.36. The number of hydrogen-bond donors (Lipinski definition) is 3. The van der Waals surface area contributed by atoms with E-state index in [0.717, 1.165) is 17.2 Å². The summed E-state index contributed by atoms with van der Waals surface area (Å²) in [4.78, 5) is 25.4. The average molecular weight is 476 g/mol. The Labute approximate surface area is 194 Å². The third-order valence-corrected chi connectivity index (χ3v) is 6.09. The highest BCUT2D eigenvalue weighted by Crippen LogP contribution is 2.27. The number of urea groups is 1. The molecule has 0 radical (unpaired) electrons. The van der Waals surface area contributed by atoms with Gasteiger partial charge in [-0.3, -0.25) is 10.1 Å². The zero-order valence-electron chi connectivity index (χ0n) is 17.8. The number of benzene rings is 2. The fourth-order valence-electron chi connectivity index (χ4n) is 2.85. The number of nitrogens with zero attached hydrogens (tertiary/aromatic N) is 2. The maximum absolute atomic E-state index is 13.3. The lowest BCUT2D eigenvalue weighted by Crippen LogP contribution is -2.49. The van der Waals surface area contributed by atoms with Gasteiger partial charge in [-0.15, -0.1) is 10.2 Å². The highest BCUT2D eigenvalue weighted by atomic mass is 35.5. The van der Waals surface area contributed by atoms with E-state index in [1.807, 2.05) is 45.0 Å². The van der Waals surface area contributed by atoms with Gasteiger partial charge in [0.25, 0.3) is 0 Å². The minimum atomic E-state index is -0.817. The van der Waals surface area contributed by atoms with Gasteiger partial charge in [0.2, 0.25) is 11.0 Å². The lowest BCUT2D eigenvalue weighted by atomic mass is 9.98. The van der Waals surface area contributed by atoms with E-state index in [0.29, 0.717) is 22.2 Å². The van der Waals surface area contributed by atoms with Gasteiger partial charge >= 0.3 is 6.03 Å². The molecule has 3 N–H and O–H groups in total. The van der Waals surface area contributed by atoms with Gasteiger partial charge < -0.3 is 10.6 Å². The molecular formula is C22H23ClFN5O2S. The molecule has 0 saturated heterocycles. The first-order valence-corrected chi connectivity index (χ1v) is 11.2. The van der Waals surface area contributed by atoms with Gasteiger partial charge in [0.15, 0.2) is 0 Å². The van der Waals surface area contributed by atoms with Crippen LogP contribution in [0.1, 0.15) is 25.8 Å². The monoisotopic (exact) mass is 475 g/mol. The number of nitrogens with one attached hydrogen (secondary N) is 3. The number of rotatable bonds is 7. The third kappa shape index (κ3) is 6.02. The Hall–Kier alpha value is -3.04. The fraction of sp³-hybridized carbons (Fsp3) is 0.273. The molecule has 3 aromatic rings. The number of aryl methyl sites for hydroxylation is 1. The molecule has 168 valence electrons. The molecule has 0 bridgehead atoms. The molecule has 2 aromatic carbocycles. The van der Waals surface area contributed by atoms with Crippen molar-refractivity contribution in [2.45, 2.75) is 33.2 Å². The number of anilines is 2. The number of carbonyl (C=O) groups excluding carboxylic acids is 2. The van der Waals surface area contributed by atoms with Crippen molar-refractivity contribution in [3.8, 4) is 10.6 Å². The number of aromatic nitrogens is 2. The highest BCUT2D eigenvalue weighted by molar-refractivity contribution is 7.18. The quantitative estimate of drug-likeness (QED) is 0.421. The Balaban J connectivity index is 1.67. The van der Waals surface area contributed by atoms with Crippen LogP contribution in [0.5, 0.6) is 0 Å². The Morgan fingerprint density at radius 3 is 2.50 bits per heavy atom. The van der Waals surface area contributed by atoms with Crippen LogP contribution in [-0.4, -0.2) is 28.2 Å². The first-order valence-electron chi connectivity index (χ1n) is 10.0. The normalized spacial score (nSPS) is 12.7. The van der Waals surface area contributed by atoms with E-state index in [-0.39, 0.29) is 10.9 Å². The number of halogens is 2. The molecule has 0 fully saturated rings. The summed E-state index contributed by atoms with van der Waals surface area (Å²) in [6.07, 6.45) is 0.658. The standard InChI is InChI=1S/C22H23ClFN5O2S/c1-4-13(3)18(26-21(31)25-15-9-10-17(24)16(23)11-15)19(30)27-22-29-28-20(32-22)14-7-5-12(2)6-8-14/h5-11,13,18H,4H2,1-3H3,(H2,25,26,31)(H,27,29,30)/t13-,18+/m0/s1. The third-order valence-electron chi connectivity index (χ3n) is 4.91. The molecule has 1 aromatic heterocycles. The SMILES string of the molecule is CC[C@H](C)[C@@H](NC(=O)Nc1ccc(F)c(Cl)c1)C(=O)Nc1nnc(-c2ccc(C)cc2)s1. The van der Waals surface area contributed by atoms with Gasteiger partial charge in [-0.2, -0.15) is 0 Å². The van der Waals surface area contributed by atoms with E-state index in [1.54, 1.807) is 0 Å². The number of carbonyl (C=O) groups is 2. The van der Waals surface area contributed by atoms with Crippen LogP contribution in [0.4, 0.5) is 20.0 Å². The summed E-state index contributed by atoms with van der Waals surface area (Å²) >= 11 is 7.00. The van der Waals surface area contributed by atoms with E-state index >= 15 is 0 Å². The van der Waals surface area contributed by atoms with Crippen LogP contribution in [0.25, 0.3) is 10.6 Å². The molecule has 0 spiro atoms. The van der Waals surface area contributed by atoms with Crippen molar-refractivity contribution in [2.24, 2.45) is 5.92 Å². The van der Waals surface area contributed by atoms with Gasteiger partial charge in [0, 0.05) is 11.3 Å². The van der Waals surface area contributed by atoms with Crippen LogP contribution in [0.3, 0.4) is 0 Å². The predicted molar refractivity (Wildman–Crippen MR) is 126 cm³/mol. The van der Waals surface area contributed by atoms with Gasteiger partial charge in [-0.1, -0.05) is 73.0 Å². The van der Waals surface area contributed by atoms with Gasteiger partial charge in [0.1, 0.15) is 16.9 Å². The topological polar surface area (TPSA) is 96.0 Å². The van der Waals surface area contributed by atoms with E-state index in [1.165, 1.54) is 23.5 Å². The van der Waals surface area contributed by atoms with Crippen molar-refractivity contribution in [1.82, 2.24) is 15.5 Å². The van der Waals surface area contributed by atoms with Gasteiger partial charge in [-0.05, 0) is 31.0 Å². The van der Waals surface area contributed by atoms with Crippen molar-refractivity contribution >= 4 is 45.7 Å². The van der Waals surface area contributed by atoms with Crippen LogP contribution >= 0.6 is 22.9 Å². The van der Waals surface area contributed by atoms with E-state index in [9.17, 15) is 14.0 Å². The number of hydrogen-bond acceptors (Lipinski definition) is 5. The fourth-order valence-corrected chi connectivity index (χ4v) is 3.79. The Kier molecular flexibility index (Phi) is 7.76. The van der Waals surface area contributed by atoms with Crippen LogP contribution in [0.2, 0.25) is 5.02 Å². The van der Waals surface area contributed by atoms with Crippen molar-refractivity contribution in [3.63, 3.8) is 0 Å². The highest BCUT2D eigenvalue weighted by Gasteiger charge is 2.27. The predicted octanol–water partition coefficient (Wildman–Crippen LogP) is 5.48. The summed E-state index contributed by atoms with van der Waals surface area (Å²) in [6.45, 7) is 5.78. The summed E-state index contributed by atoms with van der Waals surface area (Å²) in [5.74, 6) is -1.14. The smallest absolute Gasteiger partial charge is 0.319 e. The van der Waals surface area contributed by atoms with Gasteiger partial charge in [0.05, 0.1) is 5.02 Å². The first kappa shape index (κ1) is 23.6. The zero-order valence-corrected chi connectivity index (χ0v) is 19.4. The molecule has 0 aliphatic rings. The molecule has 10 heteroatoms. The van der Waals surface area contributed by atoms with Crippen LogP contribution in [-0.2, 0) is 4.79 Å². The average Bonchev–Trinajstić information content (AvgIpc) is 3.23. The van der Waals surface area contributed by atoms with Crippen molar-refractivity contribution in [3.05, 3.63) is 58.9 Å². The zero-order chi connectivity index (χ0) is 23.3. The van der Waals surface area contributed by atoms with Crippen LogP contribution in [0.15, 0.2) is 42.5 Å². The van der Waals surface area contributed by atoms with E-state index in [2.05, 4.69) is 26.1 Å². The van der Waals surface area contributed by atoms with Crippen molar-refractivity contribution in [1.29, 1.82) is 0 Å². The Morgan fingerprint density at radius 2 is 1.84 bits per heavy atom. The summed E-state index contributed by atoms with van der Waals surface area (Å²) in [7, 11) is 0. The van der Waals surface area contributed by atoms with E-state index < -0.39 is 23.8 Å². The molecular weight excluding hydrogens is 453 g/mol. The Bertz CT molecular complexity index is 1110. The molecule has 1 heterocycles. The van der Waals surface area contributed by atoms with Gasteiger partial charge in [-0.25, -0.2) is 9.18 Å². The lowest BCUT2D eigenvalue weighted by Gasteiger charge is -2.23. The molecule has 3 amide bonds. The maximum atomic E-state index is 13.3. The second kappa shape index (κ2) is 10.5. The minimum absolute atomic E-state index is 0.111. The molecule has 3 rings (SSSR count). The summed E-state index contributed by atoms with van der Waals surface area (Å²) in [6, 6.07) is 10.2. The first-order chi connectivity index (χ1) is 15.3. The van der Waals surface area contributed by atoms with Crippen LogP contribution < -0.4 is 16.0 Å². The summed E-state index contributed by atoms with van der Waals surface area (Å²) in [5.41, 5.74) is 2.35. The molecule has 0 aliphatic heterocycles. The number of amides is 3. The molecule has 7 nitrogen and oxygen atoms in total. The molecule has 0 aliphatic carbocycles. The maximum Gasteiger partial charge on any atom is 0.319 e. The molecule has 2 atom stereocenters. The van der Waals surface area contributed by atoms with E-state index in [4.69, 9.17) is 11.6 Å². The largest absolute Gasteiger partial charge is 0.326 e. The summed E-state index contributed by atoms with van der Waals surface area (Å²) < 4.78 is 13.3. The second-order valence-corrected chi connectivity index (χ2v) is 8.74. The van der Waals surface area contributed by atoms with Crippen LogP contribution in [0, 0.1) is 18.7 Å². The molecule has 0 unspecified atom stereocenters. The Morgan fingerprint density at radius 1 is 1.12 bits per heavy atom. The summed E-state index contributed by atoms with van der Waals surface area (Å²) in [5, 5.41) is 17.1. The molecule has 0 saturated carbocycles. The van der Waals surface area contributed by atoms with Crippen molar-refractivity contribution < 1.29 is 14.0 Å². The lowest BCUT2D eigenvalue weighted by molar-refractivity contribution is -0.119.